The first-order chi connectivity index (χ1) is 8.84. The summed E-state index contributed by atoms with van der Waals surface area (Å²) in [5.41, 5.74) is 0. The maximum Gasteiger partial charge on any atom is -0.0179 e. The highest BCUT2D eigenvalue weighted by atomic mass is 31.1. The van der Waals surface area contributed by atoms with E-state index in [1.807, 2.05) is 0 Å². The van der Waals surface area contributed by atoms with E-state index < -0.39 is 0 Å². The molecule has 0 spiro atoms. The molecule has 1 radical (unpaired) electrons. The predicted octanol–water partition coefficient (Wildman–Crippen LogP) is 6.90. The molecule has 0 amide bonds. The zero-order valence-electron chi connectivity index (χ0n) is 12.3. The summed E-state index contributed by atoms with van der Waals surface area (Å²) in [6.07, 6.45) is 18.8. The van der Waals surface area contributed by atoms with Crippen molar-refractivity contribution in [2.75, 3.05) is 0 Å². The van der Waals surface area contributed by atoms with Crippen molar-refractivity contribution < 1.29 is 0 Å². The van der Waals surface area contributed by atoms with Crippen molar-refractivity contribution in [2.45, 2.75) is 78.1 Å². The molecule has 1 heteroatoms. The normalized spacial score (nSPS) is 17.3. The minimum absolute atomic E-state index is 0.797. The van der Waals surface area contributed by atoms with Crippen LogP contribution in [0.4, 0.5) is 0 Å². The van der Waals surface area contributed by atoms with Crippen LogP contribution in [0.5, 0.6) is 0 Å². The number of allylic oxidation sites excluding steroid dienone is 3. The summed E-state index contributed by atoms with van der Waals surface area (Å²) >= 11 is 0. The standard InChI is InChI=1S/C17H30P/c1-3-4-5-6-7-8-9-10-11-13-16(2)17-14-12-15-18-17/h12,14-16H,3-11,13H2,1-2H3. The van der Waals surface area contributed by atoms with Crippen LogP contribution in [0.2, 0.25) is 0 Å². The van der Waals surface area contributed by atoms with E-state index >= 15 is 0 Å². The highest BCUT2D eigenvalue weighted by molar-refractivity contribution is 7.47. The molecule has 1 aliphatic heterocycles. The van der Waals surface area contributed by atoms with Gasteiger partial charge >= 0.3 is 0 Å². The van der Waals surface area contributed by atoms with Gasteiger partial charge in [0.2, 0.25) is 0 Å². The van der Waals surface area contributed by atoms with Gasteiger partial charge in [-0.3, -0.25) is 0 Å². The lowest BCUT2D eigenvalue weighted by Gasteiger charge is -2.11. The smallest absolute Gasteiger partial charge is 0.0179 e. The molecule has 0 aromatic carbocycles. The fourth-order valence-electron chi connectivity index (χ4n) is 2.51. The zero-order valence-corrected chi connectivity index (χ0v) is 13.2. The second-order valence-corrected chi connectivity index (χ2v) is 6.65. The van der Waals surface area contributed by atoms with Gasteiger partial charge in [0.1, 0.15) is 0 Å². The zero-order chi connectivity index (χ0) is 13.1. The Bertz CT molecular complexity index is 252. The lowest BCUT2D eigenvalue weighted by atomic mass is 10.0. The van der Waals surface area contributed by atoms with Gasteiger partial charge in [-0.2, -0.15) is 0 Å². The van der Waals surface area contributed by atoms with Crippen molar-refractivity contribution in [3.63, 3.8) is 0 Å². The SMILES string of the molecule is CCCCCCCCCCCC(C)C1=CC=C[P]1. The van der Waals surface area contributed by atoms with E-state index in [-0.39, 0.29) is 0 Å². The van der Waals surface area contributed by atoms with Crippen molar-refractivity contribution in [1.29, 1.82) is 0 Å². The van der Waals surface area contributed by atoms with Crippen LogP contribution in [-0.4, -0.2) is 0 Å². The summed E-state index contributed by atoms with van der Waals surface area (Å²) in [5.74, 6) is 3.05. The molecule has 0 aromatic rings. The molecule has 0 aliphatic carbocycles. The van der Waals surface area contributed by atoms with Crippen LogP contribution in [0.3, 0.4) is 0 Å². The van der Waals surface area contributed by atoms with E-state index in [1.165, 1.54) is 72.8 Å². The largest absolute Gasteiger partial charge is 0.0654 e. The van der Waals surface area contributed by atoms with E-state index in [1.54, 1.807) is 5.31 Å². The summed E-state index contributed by atoms with van der Waals surface area (Å²) in [4.78, 5) is 0. The maximum absolute atomic E-state index is 2.39. The lowest BCUT2D eigenvalue weighted by Crippen LogP contribution is -1.94. The molecule has 18 heavy (non-hydrogen) atoms. The summed E-state index contributed by atoms with van der Waals surface area (Å²) in [6, 6.07) is 0. The molecule has 0 saturated carbocycles. The molecule has 103 valence electrons. The first-order valence-corrected chi connectivity index (χ1v) is 8.88. The molecule has 0 N–H and O–H groups in total. The van der Waals surface area contributed by atoms with Crippen molar-refractivity contribution in [3.8, 4) is 0 Å². The summed E-state index contributed by atoms with van der Waals surface area (Å²) in [6.45, 7) is 4.67. The maximum atomic E-state index is 2.39. The van der Waals surface area contributed by atoms with Crippen LogP contribution < -0.4 is 0 Å². The molecule has 0 bridgehead atoms. The average Bonchev–Trinajstić information content (AvgIpc) is 2.90. The number of hydrogen-bond donors (Lipinski definition) is 0. The fourth-order valence-corrected chi connectivity index (χ4v) is 3.41. The molecule has 1 unspecified atom stereocenters. The third kappa shape index (κ3) is 7.37. The van der Waals surface area contributed by atoms with E-state index in [9.17, 15) is 0 Å². The second-order valence-electron chi connectivity index (χ2n) is 5.58. The Kier molecular flexibility index (Phi) is 9.58. The Morgan fingerprint density at radius 1 is 0.944 bits per heavy atom. The third-order valence-corrected chi connectivity index (χ3v) is 5.03. The topological polar surface area (TPSA) is 0 Å². The van der Waals surface area contributed by atoms with E-state index in [4.69, 9.17) is 0 Å². The van der Waals surface area contributed by atoms with Crippen LogP contribution in [0.15, 0.2) is 23.3 Å². The summed E-state index contributed by atoms with van der Waals surface area (Å²) in [7, 11) is 1.44. The Balaban J connectivity index is 1.83. The van der Waals surface area contributed by atoms with Gasteiger partial charge in [-0.05, 0) is 26.2 Å². The van der Waals surface area contributed by atoms with Crippen LogP contribution in [0, 0.1) is 5.92 Å². The number of hydrogen-bond acceptors (Lipinski definition) is 0. The molecular weight excluding hydrogens is 235 g/mol. The monoisotopic (exact) mass is 265 g/mol. The van der Waals surface area contributed by atoms with Gasteiger partial charge < -0.3 is 0 Å². The van der Waals surface area contributed by atoms with Crippen molar-refractivity contribution in [3.05, 3.63) is 23.3 Å². The van der Waals surface area contributed by atoms with E-state index in [2.05, 4.69) is 31.8 Å². The highest BCUT2D eigenvalue weighted by Gasteiger charge is 2.09. The molecule has 0 aromatic heterocycles. The van der Waals surface area contributed by atoms with Gasteiger partial charge in [0, 0.05) is 0 Å². The van der Waals surface area contributed by atoms with E-state index in [0.29, 0.717) is 0 Å². The van der Waals surface area contributed by atoms with Gasteiger partial charge in [0.05, 0.1) is 0 Å². The molecule has 1 rings (SSSR count). The number of rotatable bonds is 11. The molecule has 1 heterocycles. The van der Waals surface area contributed by atoms with Gasteiger partial charge in [-0.25, -0.2) is 0 Å². The van der Waals surface area contributed by atoms with Crippen LogP contribution in [-0.2, 0) is 0 Å². The Morgan fingerprint density at radius 3 is 2.11 bits per heavy atom. The molecule has 0 fully saturated rings. The second kappa shape index (κ2) is 10.8. The molecule has 1 atom stereocenters. The molecule has 0 nitrogen and oxygen atoms in total. The van der Waals surface area contributed by atoms with Crippen LogP contribution >= 0.6 is 8.58 Å². The fraction of sp³-hybridized carbons (Fsp3) is 0.765. The Labute approximate surface area is 116 Å². The average molecular weight is 265 g/mol. The molecule has 1 aliphatic rings. The highest BCUT2D eigenvalue weighted by Crippen LogP contribution is 2.37. The quantitative estimate of drug-likeness (QED) is 0.281. The van der Waals surface area contributed by atoms with Crippen molar-refractivity contribution in [2.24, 2.45) is 5.92 Å². The molecular formula is C17H30P. The van der Waals surface area contributed by atoms with Crippen LogP contribution in [0.25, 0.3) is 0 Å². The summed E-state index contributed by atoms with van der Waals surface area (Å²) < 4.78 is 0. The van der Waals surface area contributed by atoms with Crippen LogP contribution in [0.1, 0.15) is 78.1 Å². The van der Waals surface area contributed by atoms with Crippen molar-refractivity contribution >= 4 is 8.58 Å². The van der Waals surface area contributed by atoms with Crippen molar-refractivity contribution in [1.82, 2.24) is 0 Å². The number of unbranched alkanes of at least 4 members (excludes halogenated alkanes) is 8. The lowest BCUT2D eigenvalue weighted by molar-refractivity contribution is 0.526. The minimum Gasteiger partial charge on any atom is -0.0654 e. The van der Waals surface area contributed by atoms with Gasteiger partial charge in [-0.1, -0.05) is 89.6 Å². The predicted molar refractivity (Wildman–Crippen MR) is 85.2 cm³/mol. The summed E-state index contributed by atoms with van der Waals surface area (Å²) in [5, 5.41) is 1.62. The van der Waals surface area contributed by atoms with E-state index in [0.717, 1.165) is 5.92 Å². The van der Waals surface area contributed by atoms with Gasteiger partial charge in [-0.15, -0.1) is 0 Å². The third-order valence-electron chi connectivity index (χ3n) is 3.82. The molecule has 0 saturated heterocycles. The van der Waals surface area contributed by atoms with Gasteiger partial charge in [0.25, 0.3) is 0 Å². The minimum atomic E-state index is 0.797. The Hall–Kier alpha value is -0.0900. The first-order valence-electron chi connectivity index (χ1n) is 7.92. The Morgan fingerprint density at radius 2 is 1.56 bits per heavy atom. The van der Waals surface area contributed by atoms with Gasteiger partial charge in [0.15, 0.2) is 0 Å². The first kappa shape index (κ1) is 16.0.